The van der Waals surface area contributed by atoms with Crippen molar-refractivity contribution in [3.05, 3.63) is 53.3 Å². The summed E-state index contributed by atoms with van der Waals surface area (Å²) in [6.07, 6.45) is -1.56. The van der Waals surface area contributed by atoms with Gasteiger partial charge in [-0.1, -0.05) is 6.07 Å². The average molecular weight is 496 g/mol. The van der Waals surface area contributed by atoms with E-state index in [1.807, 2.05) is 0 Å². The monoisotopic (exact) mass is 495 g/mol. The molecule has 1 aliphatic rings. The number of alkyl halides is 1. The van der Waals surface area contributed by atoms with E-state index in [0.717, 1.165) is 6.07 Å². The van der Waals surface area contributed by atoms with Crippen LogP contribution in [0.4, 0.5) is 20.2 Å². The van der Waals surface area contributed by atoms with Gasteiger partial charge in [-0.15, -0.1) is 0 Å². The molecule has 34 heavy (non-hydrogen) atoms. The third-order valence-electron chi connectivity index (χ3n) is 5.13. The molecule has 0 radical (unpaired) electrons. The molecule has 8 nitrogen and oxygen atoms in total. The van der Waals surface area contributed by atoms with Gasteiger partial charge >= 0.3 is 0 Å². The van der Waals surface area contributed by atoms with Gasteiger partial charge in [-0.05, 0) is 45.0 Å². The van der Waals surface area contributed by atoms with Crippen LogP contribution in [0.25, 0.3) is 0 Å². The molecule has 0 bridgehead atoms. The van der Waals surface area contributed by atoms with Gasteiger partial charge in [0.15, 0.2) is 9.84 Å². The number of ether oxygens (including phenoxy) is 1. The molecule has 4 N–H and O–H groups in total. The second-order valence-corrected chi connectivity index (χ2v) is 11.2. The van der Waals surface area contributed by atoms with E-state index in [0.29, 0.717) is 5.69 Å². The first-order valence-electron chi connectivity index (χ1n) is 10.4. The number of aliphatic hydroxyl groups is 1. The fraction of sp³-hybridized carbons (Fsp3) is 0.391. The zero-order valence-corrected chi connectivity index (χ0v) is 20.0. The van der Waals surface area contributed by atoms with Gasteiger partial charge in [-0.3, -0.25) is 4.79 Å². The highest BCUT2D eigenvalue weighted by Crippen LogP contribution is 2.31. The predicted molar refractivity (Wildman–Crippen MR) is 125 cm³/mol. The summed E-state index contributed by atoms with van der Waals surface area (Å²) in [5.74, 6) is -1.85. The quantitative estimate of drug-likeness (QED) is 0.416. The van der Waals surface area contributed by atoms with Gasteiger partial charge in [0, 0.05) is 29.8 Å². The molecule has 184 valence electrons. The molecule has 1 unspecified atom stereocenters. The van der Waals surface area contributed by atoms with Crippen LogP contribution in [-0.4, -0.2) is 54.1 Å². The van der Waals surface area contributed by atoms with Crippen molar-refractivity contribution in [1.82, 2.24) is 5.32 Å². The topological polar surface area (TPSA) is 129 Å². The van der Waals surface area contributed by atoms with E-state index in [9.17, 15) is 22.7 Å². The van der Waals surface area contributed by atoms with Crippen molar-refractivity contribution in [2.75, 3.05) is 16.8 Å². The van der Waals surface area contributed by atoms with Crippen LogP contribution in [0.2, 0.25) is 0 Å². The number of benzene rings is 2. The second kappa shape index (κ2) is 8.95. The normalized spacial score (nSPS) is 17.3. The number of halogens is 2. The van der Waals surface area contributed by atoms with E-state index in [1.165, 1.54) is 39.0 Å². The Kier molecular flexibility index (Phi) is 6.73. The molecule has 1 aliphatic heterocycles. The number of sulfone groups is 1. The van der Waals surface area contributed by atoms with Crippen LogP contribution in [0.5, 0.6) is 5.75 Å². The Bertz CT molecular complexity index is 1230. The minimum Gasteiger partial charge on any atom is -0.461 e. The van der Waals surface area contributed by atoms with Crippen molar-refractivity contribution < 1.29 is 31.8 Å². The first-order valence-corrected chi connectivity index (χ1v) is 12.3. The van der Waals surface area contributed by atoms with E-state index in [2.05, 4.69) is 10.6 Å². The number of carbonyl (C=O) groups excluding carboxylic acids is 1. The summed E-state index contributed by atoms with van der Waals surface area (Å²) >= 11 is 0. The third-order valence-corrected chi connectivity index (χ3v) is 7.28. The zero-order valence-electron chi connectivity index (χ0n) is 19.2. The van der Waals surface area contributed by atoms with Crippen LogP contribution >= 0.6 is 0 Å². The minimum absolute atomic E-state index is 0.0748. The molecule has 2 aromatic carbocycles. The molecule has 1 fully saturated rings. The summed E-state index contributed by atoms with van der Waals surface area (Å²) in [4.78, 5) is 12.8. The molecular formula is C23H27F2N3O5S. The fourth-order valence-electron chi connectivity index (χ4n) is 3.72. The van der Waals surface area contributed by atoms with Gasteiger partial charge in [-0.25, -0.2) is 17.2 Å². The molecule has 11 heteroatoms. The van der Waals surface area contributed by atoms with Crippen LogP contribution in [0, 0.1) is 11.2 Å². The molecule has 0 aromatic heterocycles. The zero-order chi connectivity index (χ0) is 25.5. The van der Waals surface area contributed by atoms with Crippen LogP contribution in [0.1, 0.15) is 43.6 Å². The lowest BCUT2D eigenvalue weighted by Crippen LogP contribution is -2.63. The first-order chi connectivity index (χ1) is 15.6. The van der Waals surface area contributed by atoms with E-state index in [-0.39, 0.29) is 39.8 Å². The van der Waals surface area contributed by atoms with Gasteiger partial charge in [-0.2, -0.15) is 0 Å². The van der Waals surface area contributed by atoms with Gasteiger partial charge in [0.05, 0.1) is 28.4 Å². The second-order valence-electron chi connectivity index (χ2n) is 9.18. The molecule has 1 heterocycles. The van der Waals surface area contributed by atoms with Crippen LogP contribution in [-0.2, 0) is 9.84 Å². The van der Waals surface area contributed by atoms with E-state index >= 15 is 4.39 Å². The Labute approximate surface area is 196 Å². The number of nitrogens with one attached hydrogen (secondary N) is 3. The summed E-state index contributed by atoms with van der Waals surface area (Å²) in [6, 6.07) is 8.30. The Morgan fingerprint density at radius 2 is 1.91 bits per heavy atom. The van der Waals surface area contributed by atoms with Crippen molar-refractivity contribution in [1.29, 1.82) is 5.41 Å². The highest BCUT2D eigenvalue weighted by Gasteiger charge is 2.46. The predicted octanol–water partition coefficient (Wildman–Crippen LogP) is 3.32. The fourth-order valence-corrected chi connectivity index (χ4v) is 5.72. The van der Waals surface area contributed by atoms with Gasteiger partial charge in [0.1, 0.15) is 17.2 Å². The molecule has 0 saturated carbocycles. The molecule has 2 aromatic rings. The van der Waals surface area contributed by atoms with Crippen molar-refractivity contribution in [2.24, 2.45) is 0 Å². The first kappa shape index (κ1) is 25.6. The largest absolute Gasteiger partial charge is 0.461 e. The van der Waals surface area contributed by atoms with Crippen LogP contribution < -0.4 is 15.4 Å². The van der Waals surface area contributed by atoms with Crippen molar-refractivity contribution in [2.45, 2.75) is 45.2 Å². The lowest BCUT2D eigenvalue weighted by molar-refractivity contribution is 0.0860. The van der Waals surface area contributed by atoms with Crippen molar-refractivity contribution in [3.63, 3.8) is 0 Å². The van der Waals surface area contributed by atoms with Gasteiger partial charge < -0.3 is 25.9 Å². The highest BCUT2D eigenvalue weighted by molar-refractivity contribution is 7.93. The smallest absolute Gasteiger partial charge is 0.251 e. The number of rotatable bonds is 8. The standard InChI is InChI=1S/C23H27F2N3O5S/c1-13(24)33-16-7-5-6-15(10-16)27-19-17(20(26)22(2,3)30)8-14(9-18(19)25)21(29)28-23(4)11-34(31,32)12-23/h5-10,13,26-27,30H,11-12H2,1-4H3,(H,28,29). The lowest BCUT2D eigenvalue weighted by Gasteiger charge is -2.38. The SMILES string of the molecule is CC(F)Oc1cccc(Nc2c(F)cc(C(=O)NC3(C)CS(=O)(=O)C3)cc2C(=N)C(C)(C)O)c1. The lowest BCUT2D eigenvalue weighted by atomic mass is 9.92. The molecule has 1 amide bonds. The summed E-state index contributed by atoms with van der Waals surface area (Å²) in [7, 11) is -3.22. The van der Waals surface area contributed by atoms with Gasteiger partial charge in [0.2, 0.25) is 6.36 Å². The Balaban J connectivity index is 1.98. The molecule has 1 saturated heterocycles. The number of hydrogen-bond acceptors (Lipinski definition) is 7. The minimum atomic E-state index is -3.22. The Hall–Kier alpha value is -3.05. The van der Waals surface area contributed by atoms with E-state index in [1.54, 1.807) is 19.1 Å². The third kappa shape index (κ3) is 5.89. The summed E-state index contributed by atoms with van der Waals surface area (Å²) in [5, 5.41) is 24.2. The number of hydrogen-bond donors (Lipinski definition) is 4. The molecule has 0 spiro atoms. The molecule has 1 atom stereocenters. The van der Waals surface area contributed by atoms with Crippen LogP contribution in [0.15, 0.2) is 36.4 Å². The Morgan fingerprint density at radius 3 is 2.47 bits per heavy atom. The maximum Gasteiger partial charge on any atom is 0.251 e. The van der Waals surface area contributed by atoms with E-state index < -0.39 is 39.1 Å². The average Bonchev–Trinajstić information content (AvgIpc) is 2.66. The Morgan fingerprint density at radius 1 is 1.26 bits per heavy atom. The summed E-state index contributed by atoms with van der Waals surface area (Å²) in [5.41, 5.74) is -3.05. The van der Waals surface area contributed by atoms with Crippen molar-refractivity contribution in [3.8, 4) is 5.75 Å². The number of anilines is 2. The maximum atomic E-state index is 15.3. The summed E-state index contributed by atoms with van der Waals surface area (Å²) < 4.78 is 56.5. The molecule has 3 rings (SSSR count). The van der Waals surface area contributed by atoms with E-state index in [4.69, 9.17) is 10.1 Å². The number of carbonyl (C=O) groups is 1. The van der Waals surface area contributed by atoms with Crippen LogP contribution in [0.3, 0.4) is 0 Å². The number of amides is 1. The van der Waals surface area contributed by atoms with Gasteiger partial charge in [0.25, 0.3) is 5.91 Å². The molecular weight excluding hydrogens is 468 g/mol. The van der Waals surface area contributed by atoms with Crippen molar-refractivity contribution >= 4 is 32.8 Å². The summed E-state index contributed by atoms with van der Waals surface area (Å²) in [6.45, 7) is 5.49. The molecule has 0 aliphatic carbocycles. The maximum absolute atomic E-state index is 15.3. The highest BCUT2D eigenvalue weighted by atomic mass is 32.2.